The Labute approximate surface area is 118 Å². The van der Waals surface area contributed by atoms with Crippen LogP contribution in [0.4, 0.5) is 0 Å². The molecule has 0 saturated carbocycles. The van der Waals surface area contributed by atoms with Crippen molar-refractivity contribution in [2.24, 2.45) is 7.05 Å². The summed E-state index contributed by atoms with van der Waals surface area (Å²) in [7, 11) is 1.87. The number of benzene rings is 1. The van der Waals surface area contributed by atoms with Crippen LogP contribution in [-0.2, 0) is 18.3 Å². The second-order valence-electron chi connectivity index (χ2n) is 4.90. The Kier molecular flexibility index (Phi) is 4.08. The number of nitrogens with one attached hydrogen (secondary N) is 1. The summed E-state index contributed by atoms with van der Waals surface area (Å²) >= 11 is 0. The summed E-state index contributed by atoms with van der Waals surface area (Å²) in [6.45, 7) is 3.89. The van der Waals surface area contributed by atoms with E-state index in [1.807, 2.05) is 20.9 Å². The summed E-state index contributed by atoms with van der Waals surface area (Å²) in [5.41, 5.74) is 2.65. The number of phenolic OH excluding ortho intramolecular Hbond substituents is 1. The summed E-state index contributed by atoms with van der Waals surface area (Å²) in [5, 5.41) is 16.8. The summed E-state index contributed by atoms with van der Waals surface area (Å²) in [4.78, 5) is 12.0. The summed E-state index contributed by atoms with van der Waals surface area (Å²) in [5.74, 6) is 0.0233. The number of rotatable bonds is 4. The molecule has 1 atom stereocenters. The number of hydrogen-bond donors (Lipinski definition) is 2. The molecular weight excluding hydrogens is 254 g/mol. The van der Waals surface area contributed by atoms with Gasteiger partial charge in [-0.1, -0.05) is 18.2 Å². The van der Waals surface area contributed by atoms with Gasteiger partial charge in [0.25, 0.3) is 0 Å². The van der Waals surface area contributed by atoms with Crippen LogP contribution < -0.4 is 5.32 Å². The molecule has 2 aromatic rings. The van der Waals surface area contributed by atoms with Crippen LogP contribution in [-0.4, -0.2) is 20.8 Å². The van der Waals surface area contributed by atoms with E-state index < -0.39 is 0 Å². The molecule has 0 saturated heterocycles. The zero-order valence-corrected chi connectivity index (χ0v) is 11.9. The maximum Gasteiger partial charge on any atom is 0.225 e. The zero-order valence-electron chi connectivity index (χ0n) is 11.9. The van der Waals surface area contributed by atoms with Crippen LogP contribution in [0.5, 0.6) is 5.75 Å². The van der Waals surface area contributed by atoms with E-state index in [1.54, 1.807) is 35.1 Å². The van der Waals surface area contributed by atoms with Crippen molar-refractivity contribution in [3.8, 4) is 5.75 Å². The Hall–Kier alpha value is -2.30. The number of phenols is 1. The smallest absolute Gasteiger partial charge is 0.225 e. The maximum atomic E-state index is 12.0. The number of hydrogen-bond acceptors (Lipinski definition) is 3. The minimum Gasteiger partial charge on any atom is -0.508 e. The van der Waals surface area contributed by atoms with Gasteiger partial charge in [-0.2, -0.15) is 5.10 Å². The second kappa shape index (κ2) is 5.77. The van der Waals surface area contributed by atoms with Gasteiger partial charge in [0.15, 0.2) is 0 Å². The van der Waals surface area contributed by atoms with E-state index in [-0.39, 0.29) is 24.1 Å². The van der Waals surface area contributed by atoms with Gasteiger partial charge >= 0.3 is 0 Å². The van der Waals surface area contributed by atoms with Crippen LogP contribution in [0, 0.1) is 6.92 Å². The first-order valence-corrected chi connectivity index (χ1v) is 6.53. The van der Waals surface area contributed by atoms with E-state index in [0.29, 0.717) is 5.56 Å². The second-order valence-corrected chi connectivity index (χ2v) is 4.90. The minimum atomic E-state index is -0.123. The Bertz CT molecular complexity index is 619. The molecule has 5 heteroatoms. The molecule has 0 spiro atoms. The van der Waals surface area contributed by atoms with Gasteiger partial charge in [0.2, 0.25) is 5.91 Å². The molecule has 0 radical (unpaired) electrons. The number of aromatic hydroxyl groups is 1. The van der Waals surface area contributed by atoms with E-state index in [4.69, 9.17) is 0 Å². The first-order chi connectivity index (χ1) is 9.49. The van der Waals surface area contributed by atoms with Gasteiger partial charge < -0.3 is 10.4 Å². The van der Waals surface area contributed by atoms with E-state index >= 15 is 0 Å². The number of aromatic nitrogens is 2. The SMILES string of the molecule is Cc1c(C(C)NC(=O)Cc2ccccc2O)cnn1C. The molecule has 106 valence electrons. The summed E-state index contributed by atoms with van der Waals surface area (Å²) in [6, 6.07) is 6.75. The molecule has 0 fully saturated rings. The van der Waals surface area contributed by atoms with E-state index in [1.165, 1.54) is 0 Å². The van der Waals surface area contributed by atoms with Gasteiger partial charge in [-0.05, 0) is 19.9 Å². The fourth-order valence-corrected chi connectivity index (χ4v) is 2.14. The van der Waals surface area contributed by atoms with Gasteiger partial charge in [0, 0.05) is 23.9 Å². The molecule has 0 aliphatic rings. The topological polar surface area (TPSA) is 67.2 Å². The molecule has 0 aliphatic heterocycles. The number of carbonyl (C=O) groups excluding carboxylic acids is 1. The molecular formula is C15H19N3O2. The lowest BCUT2D eigenvalue weighted by Crippen LogP contribution is -2.28. The highest BCUT2D eigenvalue weighted by Crippen LogP contribution is 2.18. The maximum absolute atomic E-state index is 12.0. The standard InChI is InChI=1S/C15H19N3O2/c1-10(13-9-16-18(3)11(13)2)17-15(20)8-12-6-4-5-7-14(12)19/h4-7,9-10,19H,8H2,1-3H3,(H,17,20). The predicted octanol–water partition coefficient (Wildman–Crippen LogP) is 1.85. The summed E-state index contributed by atoms with van der Waals surface area (Å²) in [6.07, 6.45) is 1.93. The molecule has 0 aliphatic carbocycles. The van der Waals surface area contributed by atoms with Crippen molar-refractivity contribution < 1.29 is 9.90 Å². The minimum absolute atomic E-state index is 0.109. The molecule has 1 unspecified atom stereocenters. The van der Waals surface area contributed by atoms with Gasteiger partial charge in [-0.15, -0.1) is 0 Å². The molecule has 2 N–H and O–H groups in total. The number of nitrogens with zero attached hydrogens (tertiary/aromatic N) is 2. The molecule has 1 aromatic heterocycles. The van der Waals surface area contributed by atoms with Crippen LogP contribution in [0.25, 0.3) is 0 Å². The van der Waals surface area contributed by atoms with Gasteiger partial charge in [0.05, 0.1) is 18.7 Å². The highest BCUT2D eigenvalue weighted by molar-refractivity contribution is 5.79. The van der Waals surface area contributed by atoms with Crippen LogP contribution in [0.2, 0.25) is 0 Å². The zero-order chi connectivity index (χ0) is 14.7. The Morgan fingerprint density at radius 1 is 1.45 bits per heavy atom. The fraction of sp³-hybridized carbons (Fsp3) is 0.333. The quantitative estimate of drug-likeness (QED) is 0.893. The van der Waals surface area contributed by atoms with Crippen LogP contribution in [0.1, 0.15) is 29.8 Å². The lowest BCUT2D eigenvalue weighted by molar-refractivity contribution is -0.121. The summed E-state index contributed by atoms with van der Waals surface area (Å²) < 4.78 is 1.78. The van der Waals surface area contributed by atoms with Crippen LogP contribution in [0.15, 0.2) is 30.5 Å². The third-order valence-corrected chi connectivity index (χ3v) is 3.46. The molecule has 1 heterocycles. The molecule has 0 bridgehead atoms. The highest BCUT2D eigenvalue weighted by atomic mass is 16.3. The average molecular weight is 273 g/mol. The number of amides is 1. The third kappa shape index (κ3) is 2.99. The van der Waals surface area contributed by atoms with Gasteiger partial charge in [-0.25, -0.2) is 0 Å². The van der Waals surface area contributed by atoms with Crippen LogP contribution >= 0.6 is 0 Å². The van der Waals surface area contributed by atoms with Crippen molar-refractivity contribution in [3.63, 3.8) is 0 Å². The fourth-order valence-electron chi connectivity index (χ4n) is 2.14. The van der Waals surface area contributed by atoms with Crippen molar-refractivity contribution in [2.75, 3.05) is 0 Å². The Morgan fingerprint density at radius 2 is 2.15 bits per heavy atom. The molecule has 5 nitrogen and oxygen atoms in total. The average Bonchev–Trinajstić information content (AvgIpc) is 2.73. The van der Waals surface area contributed by atoms with E-state index in [2.05, 4.69) is 10.4 Å². The lowest BCUT2D eigenvalue weighted by Gasteiger charge is -2.14. The monoisotopic (exact) mass is 273 g/mol. The van der Waals surface area contributed by atoms with Crippen LogP contribution in [0.3, 0.4) is 0 Å². The number of carbonyl (C=O) groups is 1. The lowest BCUT2D eigenvalue weighted by atomic mass is 10.1. The largest absolute Gasteiger partial charge is 0.508 e. The van der Waals surface area contributed by atoms with Gasteiger partial charge in [-0.3, -0.25) is 9.48 Å². The van der Waals surface area contributed by atoms with Crippen molar-refractivity contribution in [1.29, 1.82) is 0 Å². The van der Waals surface area contributed by atoms with E-state index in [9.17, 15) is 9.90 Å². The van der Waals surface area contributed by atoms with E-state index in [0.717, 1.165) is 11.3 Å². The van der Waals surface area contributed by atoms with Crippen molar-refractivity contribution in [3.05, 3.63) is 47.3 Å². The Balaban J connectivity index is 2.02. The van der Waals surface area contributed by atoms with Crippen molar-refractivity contribution in [1.82, 2.24) is 15.1 Å². The van der Waals surface area contributed by atoms with Crippen molar-refractivity contribution >= 4 is 5.91 Å². The normalized spacial score (nSPS) is 12.2. The molecule has 1 aromatic carbocycles. The third-order valence-electron chi connectivity index (χ3n) is 3.46. The van der Waals surface area contributed by atoms with Crippen molar-refractivity contribution in [2.45, 2.75) is 26.3 Å². The molecule has 1 amide bonds. The first kappa shape index (κ1) is 14.1. The first-order valence-electron chi connectivity index (χ1n) is 6.53. The highest BCUT2D eigenvalue weighted by Gasteiger charge is 2.15. The molecule has 2 rings (SSSR count). The Morgan fingerprint density at radius 3 is 2.75 bits per heavy atom. The molecule has 20 heavy (non-hydrogen) atoms. The predicted molar refractivity (Wildman–Crippen MR) is 76.3 cm³/mol. The number of aryl methyl sites for hydroxylation is 1. The van der Waals surface area contributed by atoms with Gasteiger partial charge in [0.1, 0.15) is 5.75 Å². The number of para-hydroxylation sites is 1.